The molecule has 0 heterocycles. The second-order valence-electron chi connectivity index (χ2n) is 6.95. The lowest BCUT2D eigenvalue weighted by atomic mass is 10.1. The van der Waals surface area contributed by atoms with E-state index in [1.54, 1.807) is 0 Å². The van der Waals surface area contributed by atoms with Crippen molar-refractivity contribution in [2.75, 3.05) is 10.6 Å². The fourth-order valence-electron chi connectivity index (χ4n) is 3.02. The molecule has 8 nitrogen and oxygen atoms in total. The van der Waals surface area contributed by atoms with Crippen LogP contribution < -0.4 is 9.62 Å². The Morgan fingerprint density at radius 1 is 1.14 bits per heavy atom. The topological polar surface area (TPSA) is 110 Å². The predicted molar refractivity (Wildman–Crippen MR) is 112 cm³/mol. The van der Waals surface area contributed by atoms with Gasteiger partial charge in [0.15, 0.2) is 0 Å². The molecule has 1 N–H and O–H groups in total. The summed E-state index contributed by atoms with van der Waals surface area (Å²) in [7, 11) is -3.85. The van der Waals surface area contributed by atoms with Crippen LogP contribution in [0.25, 0.3) is 0 Å². The van der Waals surface area contributed by atoms with Gasteiger partial charge in [-0.3, -0.25) is 19.2 Å². The average Bonchev–Trinajstić information content (AvgIpc) is 2.66. The third kappa shape index (κ3) is 6.28. The van der Waals surface area contributed by atoms with Gasteiger partial charge in [0.1, 0.15) is 6.04 Å². The van der Waals surface area contributed by atoms with Gasteiger partial charge in [-0.25, -0.2) is 8.42 Å². The fourth-order valence-corrected chi connectivity index (χ4v) is 4.18. The van der Waals surface area contributed by atoms with Crippen LogP contribution in [0.1, 0.15) is 25.8 Å². The largest absolute Gasteiger partial charge is 0.352 e. The average molecular weight is 420 g/mol. The van der Waals surface area contributed by atoms with Crippen molar-refractivity contribution in [3.8, 4) is 0 Å². The first-order chi connectivity index (χ1) is 13.6. The smallest absolute Gasteiger partial charge is 0.271 e. The van der Waals surface area contributed by atoms with Gasteiger partial charge in [0, 0.05) is 18.2 Å². The Morgan fingerprint density at radius 3 is 2.38 bits per heavy atom. The molecule has 0 aliphatic heterocycles. The zero-order valence-electron chi connectivity index (χ0n) is 16.6. The van der Waals surface area contributed by atoms with E-state index in [0.29, 0.717) is 6.42 Å². The lowest BCUT2D eigenvalue weighted by Crippen LogP contribution is -2.50. The predicted octanol–water partition coefficient (Wildman–Crippen LogP) is 2.89. The van der Waals surface area contributed by atoms with Crippen molar-refractivity contribution in [2.24, 2.45) is 0 Å². The third-order valence-corrected chi connectivity index (χ3v) is 5.72. The summed E-state index contributed by atoms with van der Waals surface area (Å²) in [5.74, 6) is -0.470. The minimum atomic E-state index is -3.85. The van der Waals surface area contributed by atoms with Crippen molar-refractivity contribution in [1.82, 2.24) is 5.32 Å². The maximum absolute atomic E-state index is 12.7. The monoisotopic (exact) mass is 419 g/mol. The second-order valence-corrected chi connectivity index (χ2v) is 8.81. The lowest BCUT2D eigenvalue weighted by molar-refractivity contribution is -0.384. The van der Waals surface area contributed by atoms with Crippen LogP contribution in [-0.4, -0.2) is 37.6 Å². The van der Waals surface area contributed by atoms with E-state index in [0.717, 1.165) is 28.6 Å². The van der Waals surface area contributed by atoms with E-state index >= 15 is 0 Å². The van der Waals surface area contributed by atoms with Crippen molar-refractivity contribution in [3.05, 3.63) is 70.3 Å². The molecule has 9 heteroatoms. The summed E-state index contributed by atoms with van der Waals surface area (Å²) in [6.07, 6.45) is 2.43. The molecule has 0 radical (unpaired) electrons. The first-order valence-electron chi connectivity index (χ1n) is 9.17. The summed E-state index contributed by atoms with van der Waals surface area (Å²) in [4.78, 5) is 23.1. The van der Waals surface area contributed by atoms with Crippen molar-refractivity contribution >= 4 is 27.3 Å². The number of nitro benzene ring substituents is 1. The van der Waals surface area contributed by atoms with Crippen LogP contribution in [0.5, 0.6) is 0 Å². The second kappa shape index (κ2) is 9.51. The number of nitrogens with zero attached hydrogens (tertiary/aromatic N) is 2. The van der Waals surface area contributed by atoms with E-state index in [1.165, 1.54) is 25.1 Å². The molecule has 2 aromatic rings. The molecule has 2 aromatic carbocycles. The number of nitrogens with one attached hydrogen (secondary N) is 1. The SMILES string of the molecule is C[C@@H](CCc1ccccc1)NC(=O)[C@H](C)N(c1cccc([N+](=O)[O-])c1)S(C)(=O)=O. The molecule has 1 amide bonds. The summed E-state index contributed by atoms with van der Waals surface area (Å²) in [5, 5.41) is 13.9. The van der Waals surface area contributed by atoms with Gasteiger partial charge in [-0.2, -0.15) is 0 Å². The Labute approximate surface area is 170 Å². The Balaban J connectivity index is 2.12. The molecule has 0 unspecified atom stereocenters. The van der Waals surface area contributed by atoms with Gasteiger partial charge >= 0.3 is 0 Å². The molecule has 0 bridgehead atoms. The van der Waals surface area contributed by atoms with E-state index in [9.17, 15) is 23.3 Å². The van der Waals surface area contributed by atoms with Crippen molar-refractivity contribution < 1.29 is 18.1 Å². The molecule has 0 aliphatic carbocycles. The molecule has 0 saturated carbocycles. The van der Waals surface area contributed by atoms with Gasteiger partial charge in [-0.05, 0) is 38.3 Å². The van der Waals surface area contributed by atoms with E-state index in [2.05, 4.69) is 5.32 Å². The molecule has 156 valence electrons. The number of carbonyl (C=O) groups is 1. The number of nitro groups is 1. The number of hydrogen-bond acceptors (Lipinski definition) is 5. The molecule has 0 spiro atoms. The van der Waals surface area contributed by atoms with Crippen LogP contribution in [0.15, 0.2) is 54.6 Å². The van der Waals surface area contributed by atoms with Gasteiger partial charge < -0.3 is 5.32 Å². The van der Waals surface area contributed by atoms with Gasteiger partial charge in [-0.1, -0.05) is 36.4 Å². The normalized spacial score (nSPS) is 13.3. The van der Waals surface area contributed by atoms with Crippen LogP contribution in [0.4, 0.5) is 11.4 Å². The molecule has 0 aromatic heterocycles. The number of rotatable bonds is 9. The summed E-state index contributed by atoms with van der Waals surface area (Å²) >= 11 is 0. The quantitative estimate of drug-likeness (QED) is 0.496. The lowest BCUT2D eigenvalue weighted by Gasteiger charge is -2.29. The molecule has 29 heavy (non-hydrogen) atoms. The maximum atomic E-state index is 12.7. The zero-order valence-corrected chi connectivity index (χ0v) is 17.4. The van der Waals surface area contributed by atoms with Gasteiger partial charge in [-0.15, -0.1) is 0 Å². The standard InChI is InChI=1S/C20H25N3O5S/c1-15(12-13-17-8-5-4-6-9-17)21-20(24)16(2)22(29(3,27)28)18-10-7-11-19(14-18)23(25)26/h4-11,14-16H,12-13H2,1-3H3,(H,21,24)/t15-,16-/m0/s1. The van der Waals surface area contributed by atoms with Crippen LogP contribution in [0, 0.1) is 10.1 Å². The van der Waals surface area contributed by atoms with E-state index in [4.69, 9.17) is 0 Å². The van der Waals surface area contributed by atoms with Crippen LogP contribution in [-0.2, 0) is 21.2 Å². The molecular formula is C20H25N3O5S. The van der Waals surface area contributed by atoms with Crippen molar-refractivity contribution in [1.29, 1.82) is 0 Å². The summed E-state index contributed by atoms with van der Waals surface area (Å²) < 4.78 is 25.6. The highest BCUT2D eigenvalue weighted by molar-refractivity contribution is 7.92. The summed E-state index contributed by atoms with van der Waals surface area (Å²) in [5.41, 5.74) is 0.970. The number of anilines is 1. The first-order valence-corrected chi connectivity index (χ1v) is 11.0. The zero-order chi connectivity index (χ0) is 21.6. The van der Waals surface area contributed by atoms with Crippen molar-refractivity contribution in [2.45, 2.75) is 38.8 Å². The number of hydrogen-bond donors (Lipinski definition) is 1. The highest BCUT2D eigenvalue weighted by atomic mass is 32.2. The Kier molecular flexibility index (Phi) is 7.33. The first kappa shape index (κ1) is 22.4. The number of non-ortho nitro benzene ring substituents is 1. The highest BCUT2D eigenvalue weighted by Crippen LogP contribution is 2.25. The van der Waals surface area contributed by atoms with Gasteiger partial charge in [0.05, 0.1) is 16.9 Å². The number of aryl methyl sites for hydroxylation is 1. The van der Waals surface area contributed by atoms with E-state index in [1.807, 2.05) is 37.3 Å². The number of amides is 1. The molecule has 0 saturated heterocycles. The molecule has 0 aliphatic rings. The number of benzene rings is 2. The minimum absolute atomic E-state index is 0.0706. The molecule has 2 rings (SSSR count). The number of carbonyl (C=O) groups excluding carboxylic acids is 1. The van der Waals surface area contributed by atoms with Gasteiger partial charge in [0.2, 0.25) is 15.9 Å². The maximum Gasteiger partial charge on any atom is 0.271 e. The molecular weight excluding hydrogens is 394 g/mol. The van der Waals surface area contributed by atoms with Crippen molar-refractivity contribution in [3.63, 3.8) is 0 Å². The Bertz CT molecular complexity index is 963. The summed E-state index contributed by atoms with van der Waals surface area (Å²) in [6, 6.07) is 13.8. The highest BCUT2D eigenvalue weighted by Gasteiger charge is 2.30. The van der Waals surface area contributed by atoms with Crippen LogP contribution in [0.2, 0.25) is 0 Å². The minimum Gasteiger partial charge on any atom is -0.352 e. The van der Waals surface area contributed by atoms with Crippen LogP contribution in [0.3, 0.4) is 0 Å². The summed E-state index contributed by atoms with van der Waals surface area (Å²) in [6.45, 7) is 3.31. The van der Waals surface area contributed by atoms with E-state index in [-0.39, 0.29) is 17.4 Å². The van der Waals surface area contributed by atoms with Gasteiger partial charge in [0.25, 0.3) is 5.69 Å². The third-order valence-electron chi connectivity index (χ3n) is 4.48. The van der Waals surface area contributed by atoms with Crippen LogP contribution >= 0.6 is 0 Å². The molecule has 0 fully saturated rings. The fraction of sp³-hybridized carbons (Fsp3) is 0.350. The Hall–Kier alpha value is -2.94. The number of sulfonamides is 1. The van der Waals surface area contributed by atoms with E-state index < -0.39 is 26.9 Å². The molecule has 2 atom stereocenters. The Morgan fingerprint density at radius 2 is 1.79 bits per heavy atom.